The predicted octanol–water partition coefficient (Wildman–Crippen LogP) is 2.45. The van der Waals surface area contributed by atoms with Crippen LogP contribution in [0.25, 0.3) is 16.6 Å². The maximum Gasteiger partial charge on any atom is 0.283 e. The second-order valence-electron chi connectivity index (χ2n) is 7.14. The van der Waals surface area contributed by atoms with Gasteiger partial charge < -0.3 is 15.2 Å². The number of aromatic nitrogens is 3. The van der Waals surface area contributed by atoms with Crippen LogP contribution in [0.5, 0.6) is 11.5 Å². The summed E-state index contributed by atoms with van der Waals surface area (Å²) in [6.07, 6.45) is 3.19. The van der Waals surface area contributed by atoms with Gasteiger partial charge in [-0.15, -0.1) is 0 Å². The third-order valence-electron chi connectivity index (χ3n) is 5.00. The summed E-state index contributed by atoms with van der Waals surface area (Å²) in [7, 11) is -1.67. The van der Waals surface area contributed by atoms with E-state index in [0.717, 1.165) is 16.6 Å². The van der Waals surface area contributed by atoms with Crippen molar-refractivity contribution in [2.45, 2.75) is 11.8 Å². The zero-order valence-corrected chi connectivity index (χ0v) is 18.9. The van der Waals surface area contributed by atoms with Gasteiger partial charge in [-0.05, 0) is 42.8 Å². The quantitative estimate of drug-likeness (QED) is 0.441. The number of amides is 1. The van der Waals surface area contributed by atoms with Crippen LogP contribution in [-0.4, -0.2) is 43.3 Å². The van der Waals surface area contributed by atoms with Crippen LogP contribution in [0.3, 0.4) is 0 Å². The highest BCUT2D eigenvalue weighted by Crippen LogP contribution is 2.33. The summed E-state index contributed by atoms with van der Waals surface area (Å²) in [6.45, 7) is 1.84. The molecule has 0 saturated heterocycles. The van der Waals surface area contributed by atoms with E-state index in [2.05, 4.69) is 10.1 Å². The van der Waals surface area contributed by atoms with Gasteiger partial charge in [0.05, 0.1) is 43.5 Å². The third kappa shape index (κ3) is 4.05. The number of ether oxygens (including phenoxy) is 2. The normalized spacial score (nSPS) is 11.4. The molecular weight excluding hydrogens is 446 g/mol. The second kappa shape index (κ2) is 8.43. The van der Waals surface area contributed by atoms with Gasteiger partial charge >= 0.3 is 0 Å². The third-order valence-corrected chi connectivity index (χ3v) is 6.39. The van der Waals surface area contributed by atoms with Crippen LogP contribution in [0.4, 0.5) is 5.69 Å². The molecule has 3 N–H and O–H groups in total. The van der Waals surface area contributed by atoms with Crippen molar-refractivity contribution in [2.24, 2.45) is 0 Å². The van der Waals surface area contributed by atoms with Crippen LogP contribution >= 0.6 is 0 Å². The molecule has 0 radical (unpaired) electrons. The molecule has 4 aromatic rings. The molecule has 11 heteroatoms. The summed E-state index contributed by atoms with van der Waals surface area (Å²) in [5.41, 5.74) is 8.26. The second-order valence-corrected chi connectivity index (χ2v) is 8.76. The van der Waals surface area contributed by atoms with Crippen LogP contribution < -0.4 is 19.9 Å². The molecule has 2 aromatic carbocycles. The van der Waals surface area contributed by atoms with Gasteiger partial charge in [0.25, 0.3) is 15.9 Å². The van der Waals surface area contributed by atoms with E-state index >= 15 is 0 Å². The number of benzene rings is 2. The van der Waals surface area contributed by atoms with Crippen molar-refractivity contribution < 1.29 is 22.7 Å². The number of carbonyl (C=O) groups is 1. The first-order valence-corrected chi connectivity index (χ1v) is 11.2. The van der Waals surface area contributed by atoms with Crippen molar-refractivity contribution in [3.8, 4) is 17.2 Å². The van der Waals surface area contributed by atoms with Crippen LogP contribution in [0, 0.1) is 6.92 Å². The minimum Gasteiger partial charge on any atom is -0.495 e. The number of sulfonamides is 1. The Hall–Kier alpha value is -4.12. The number of aryl methyl sites for hydroxylation is 1. The van der Waals surface area contributed by atoms with Gasteiger partial charge in [-0.3, -0.25) is 4.79 Å². The van der Waals surface area contributed by atoms with Crippen molar-refractivity contribution in [1.29, 1.82) is 0 Å². The molecule has 0 bridgehead atoms. The highest BCUT2D eigenvalue weighted by molar-refractivity contribution is 7.90. The Labute approximate surface area is 190 Å². The van der Waals surface area contributed by atoms with E-state index in [4.69, 9.17) is 15.2 Å². The lowest BCUT2D eigenvalue weighted by Crippen LogP contribution is -2.31. The minimum atomic E-state index is -4.32. The van der Waals surface area contributed by atoms with Gasteiger partial charge in [0.15, 0.2) is 4.90 Å². The molecule has 0 unspecified atom stereocenters. The monoisotopic (exact) mass is 467 g/mol. The van der Waals surface area contributed by atoms with Crippen molar-refractivity contribution in [3.05, 3.63) is 66.1 Å². The molecule has 2 aromatic heterocycles. The largest absolute Gasteiger partial charge is 0.495 e. The number of methoxy groups -OCH3 is 2. The molecule has 0 aliphatic heterocycles. The predicted molar refractivity (Wildman–Crippen MR) is 122 cm³/mol. The minimum absolute atomic E-state index is 0.0418. The summed E-state index contributed by atoms with van der Waals surface area (Å²) in [4.78, 5) is 17.0. The Balaban J connectivity index is 1.73. The lowest BCUT2D eigenvalue weighted by molar-refractivity contribution is 0.0977. The highest BCUT2D eigenvalue weighted by atomic mass is 32.2. The van der Waals surface area contributed by atoms with E-state index in [1.807, 2.05) is 23.8 Å². The van der Waals surface area contributed by atoms with E-state index < -0.39 is 15.9 Å². The number of nitrogens with one attached hydrogen (secondary N) is 1. The first-order chi connectivity index (χ1) is 15.7. The van der Waals surface area contributed by atoms with Gasteiger partial charge in [0.1, 0.15) is 17.2 Å². The van der Waals surface area contributed by atoms with Crippen molar-refractivity contribution in [2.75, 3.05) is 20.0 Å². The van der Waals surface area contributed by atoms with E-state index in [9.17, 15) is 13.2 Å². The van der Waals surface area contributed by atoms with Crippen LogP contribution in [-0.2, 0) is 10.0 Å². The fraction of sp³-hybridized carbons (Fsp3) is 0.136. The van der Waals surface area contributed by atoms with Gasteiger partial charge in [-0.1, -0.05) is 12.1 Å². The zero-order valence-electron chi connectivity index (χ0n) is 18.1. The number of anilines is 1. The lowest BCUT2D eigenvalue weighted by atomic mass is 10.1. The fourth-order valence-corrected chi connectivity index (χ4v) is 4.72. The highest BCUT2D eigenvalue weighted by Gasteiger charge is 2.27. The number of rotatable bonds is 6. The molecule has 0 atom stereocenters. The Morgan fingerprint density at radius 2 is 1.76 bits per heavy atom. The van der Waals surface area contributed by atoms with Crippen LogP contribution in [0.15, 0.2) is 59.8 Å². The molecule has 2 heterocycles. The molecular formula is C22H21N5O5S. The molecule has 170 valence electrons. The van der Waals surface area contributed by atoms with E-state index in [1.165, 1.54) is 38.6 Å². The molecule has 10 nitrogen and oxygen atoms in total. The summed E-state index contributed by atoms with van der Waals surface area (Å²) in [6, 6.07) is 11.3. The van der Waals surface area contributed by atoms with Crippen LogP contribution in [0.2, 0.25) is 0 Å². The molecule has 0 spiro atoms. The van der Waals surface area contributed by atoms with Gasteiger partial charge in [-0.25, -0.2) is 22.8 Å². The van der Waals surface area contributed by atoms with Crippen molar-refractivity contribution >= 4 is 32.5 Å². The van der Waals surface area contributed by atoms with Crippen LogP contribution in [0.1, 0.15) is 16.1 Å². The molecule has 1 amide bonds. The molecule has 33 heavy (non-hydrogen) atoms. The maximum atomic E-state index is 13.0. The summed E-state index contributed by atoms with van der Waals surface area (Å²) in [5.74, 6) is -0.807. The Bertz CT molecular complexity index is 1460. The van der Waals surface area contributed by atoms with Crippen molar-refractivity contribution in [1.82, 2.24) is 19.5 Å². The summed E-state index contributed by atoms with van der Waals surface area (Å²) >= 11 is 0. The number of hydrogen-bond acceptors (Lipinski definition) is 8. The average Bonchev–Trinajstić information content (AvgIpc) is 3.24. The van der Waals surface area contributed by atoms with E-state index in [1.54, 1.807) is 23.0 Å². The number of fused-ring (bicyclic) bond motifs is 1. The Morgan fingerprint density at radius 3 is 2.36 bits per heavy atom. The number of nitrogens with zero attached hydrogens (tertiary/aromatic N) is 3. The van der Waals surface area contributed by atoms with E-state index in [0.29, 0.717) is 11.2 Å². The number of nitrogens with two attached hydrogens (primary N) is 1. The molecule has 4 rings (SSSR count). The maximum absolute atomic E-state index is 13.0. The molecule has 0 aliphatic carbocycles. The van der Waals surface area contributed by atoms with Gasteiger partial charge in [0, 0.05) is 5.39 Å². The summed E-state index contributed by atoms with van der Waals surface area (Å²) < 4.78 is 40.0. The molecule has 0 fully saturated rings. The number of nitrogen functional groups attached to an aromatic ring is 1. The Morgan fingerprint density at radius 1 is 1.06 bits per heavy atom. The topological polar surface area (TPSA) is 138 Å². The average molecular weight is 468 g/mol. The smallest absolute Gasteiger partial charge is 0.283 e. The fourth-order valence-electron chi connectivity index (χ4n) is 3.44. The van der Waals surface area contributed by atoms with Crippen molar-refractivity contribution in [3.63, 3.8) is 0 Å². The Kier molecular flexibility index (Phi) is 5.64. The SMILES string of the molecule is COc1cccc(OC)c1S(=O)(=O)NC(=O)c1ccc2c(-n3cc(N)cn3)ccc(C)c2n1. The van der Waals surface area contributed by atoms with Gasteiger partial charge in [-0.2, -0.15) is 5.10 Å². The molecule has 0 aliphatic rings. The van der Waals surface area contributed by atoms with Gasteiger partial charge in [0.2, 0.25) is 0 Å². The standard InChI is InChI=1S/C22H21N5O5S/c1-13-7-10-17(27-12-14(23)11-24-27)15-8-9-16(25-20(13)15)22(28)26-33(29,30)21-18(31-2)5-4-6-19(21)32-3/h4-12H,23H2,1-3H3,(H,26,28). The van der Waals surface area contributed by atoms with E-state index in [-0.39, 0.29) is 22.1 Å². The summed E-state index contributed by atoms with van der Waals surface area (Å²) in [5, 5.41) is 4.95. The number of pyridine rings is 1. The molecule has 0 saturated carbocycles. The number of hydrogen-bond donors (Lipinski definition) is 2. The lowest BCUT2D eigenvalue weighted by Gasteiger charge is -2.14. The number of carbonyl (C=O) groups excluding carboxylic acids is 1. The zero-order chi connectivity index (χ0) is 23.8. The first-order valence-electron chi connectivity index (χ1n) is 9.74. The first kappa shape index (κ1) is 22.1.